The van der Waals surface area contributed by atoms with Crippen LogP contribution in [0.25, 0.3) is 6.08 Å². The van der Waals surface area contributed by atoms with Crippen LogP contribution in [0.15, 0.2) is 138 Å². The number of thioether (sulfide) groups is 1. The van der Waals surface area contributed by atoms with Crippen LogP contribution in [-0.4, -0.2) is 17.7 Å². The van der Waals surface area contributed by atoms with Crippen LogP contribution < -0.4 is 16.0 Å². The van der Waals surface area contributed by atoms with Gasteiger partial charge in [0.05, 0.1) is 0 Å². The number of halogens is 2. The van der Waals surface area contributed by atoms with Crippen molar-refractivity contribution in [3.8, 4) is 0 Å². The summed E-state index contributed by atoms with van der Waals surface area (Å²) in [7, 11) is 0. The third-order valence-electron chi connectivity index (χ3n) is 7.34. The molecular weight excluding hydrogens is 661 g/mol. The zero-order valence-corrected chi connectivity index (χ0v) is 28.6. The van der Waals surface area contributed by atoms with Gasteiger partial charge >= 0.3 is 0 Å². The van der Waals surface area contributed by atoms with Crippen molar-refractivity contribution >= 4 is 70.1 Å². The number of carbonyl (C=O) groups excluding carboxylic acids is 3. The fourth-order valence-electron chi connectivity index (χ4n) is 4.73. The van der Waals surface area contributed by atoms with E-state index in [0.717, 1.165) is 16.1 Å². The summed E-state index contributed by atoms with van der Waals surface area (Å²) in [5.41, 5.74) is 4.18. The second-order valence-electron chi connectivity index (χ2n) is 11.2. The predicted octanol–water partition coefficient (Wildman–Crippen LogP) is 10.00. The Morgan fingerprint density at radius 3 is 1.92 bits per heavy atom. The Morgan fingerprint density at radius 2 is 1.29 bits per heavy atom. The molecule has 0 aliphatic carbocycles. The van der Waals surface area contributed by atoms with Crippen LogP contribution in [0.3, 0.4) is 0 Å². The first-order chi connectivity index (χ1) is 23.2. The van der Waals surface area contributed by atoms with Crippen LogP contribution >= 0.6 is 35.0 Å². The highest BCUT2D eigenvalue weighted by molar-refractivity contribution is 8.00. The average Bonchev–Trinajstić information content (AvgIpc) is 3.09. The van der Waals surface area contributed by atoms with Gasteiger partial charge in [-0.25, -0.2) is 0 Å². The Labute approximate surface area is 294 Å². The van der Waals surface area contributed by atoms with E-state index in [1.807, 2.05) is 66.7 Å². The lowest BCUT2D eigenvalue weighted by Crippen LogP contribution is -2.30. The van der Waals surface area contributed by atoms with Gasteiger partial charge in [-0.3, -0.25) is 14.4 Å². The lowest BCUT2D eigenvalue weighted by Gasteiger charge is -2.18. The Bertz CT molecular complexity index is 1910. The Kier molecular flexibility index (Phi) is 11.7. The smallest absolute Gasteiger partial charge is 0.272 e. The molecular formula is C39H33Cl2N3O3S. The van der Waals surface area contributed by atoms with E-state index in [2.05, 4.69) is 29.8 Å². The molecule has 0 fully saturated rings. The summed E-state index contributed by atoms with van der Waals surface area (Å²) in [6.45, 7) is 4.26. The molecule has 0 aliphatic rings. The zero-order chi connectivity index (χ0) is 34.0. The second kappa shape index (κ2) is 16.3. The minimum atomic E-state index is -0.546. The molecule has 6 nitrogen and oxygen atoms in total. The van der Waals surface area contributed by atoms with E-state index in [4.69, 9.17) is 23.2 Å². The summed E-state index contributed by atoms with van der Waals surface area (Å²) < 4.78 is 0. The van der Waals surface area contributed by atoms with E-state index in [1.54, 1.807) is 60.7 Å². The van der Waals surface area contributed by atoms with Gasteiger partial charge in [-0.05, 0) is 89.3 Å². The maximum atomic E-state index is 13.6. The van der Waals surface area contributed by atoms with E-state index in [-0.39, 0.29) is 11.6 Å². The largest absolute Gasteiger partial charge is 0.325 e. The maximum Gasteiger partial charge on any atom is 0.272 e. The van der Waals surface area contributed by atoms with Crippen molar-refractivity contribution in [2.75, 3.05) is 10.6 Å². The molecule has 5 rings (SSSR count). The van der Waals surface area contributed by atoms with Crippen molar-refractivity contribution in [3.05, 3.63) is 165 Å². The minimum Gasteiger partial charge on any atom is -0.325 e. The summed E-state index contributed by atoms with van der Waals surface area (Å²) in [5, 5.41) is 8.87. The number of hydrogen-bond donors (Lipinski definition) is 3. The average molecular weight is 695 g/mol. The molecule has 5 aromatic carbocycles. The molecule has 3 N–H and O–H groups in total. The molecule has 0 saturated heterocycles. The van der Waals surface area contributed by atoms with Gasteiger partial charge in [0.2, 0.25) is 5.91 Å². The lowest BCUT2D eigenvalue weighted by molar-refractivity contribution is -0.116. The van der Waals surface area contributed by atoms with E-state index in [9.17, 15) is 14.4 Å². The highest BCUT2D eigenvalue weighted by Crippen LogP contribution is 2.37. The SMILES string of the molecule is CC(C)c1ccc(NC(=O)C(Sc2ccc(NC(=O)/C(=C/c3ccc(Cl)cc3Cl)NC(=O)c3ccccc3)cc2)c2ccccc2)cc1. The van der Waals surface area contributed by atoms with Crippen LogP contribution in [0, 0.1) is 0 Å². The van der Waals surface area contributed by atoms with E-state index < -0.39 is 17.1 Å². The van der Waals surface area contributed by atoms with E-state index in [0.29, 0.717) is 32.8 Å². The van der Waals surface area contributed by atoms with E-state index >= 15 is 0 Å². The Balaban J connectivity index is 1.33. The van der Waals surface area contributed by atoms with Crippen LogP contribution in [0.4, 0.5) is 11.4 Å². The Hall–Kier alpha value is -4.82. The van der Waals surface area contributed by atoms with Gasteiger partial charge in [-0.15, -0.1) is 11.8 Å². The maximum absolute atomic E-state index is 13.6. The molecule has 0 heterocycles. The number of amides is 3. The molecule has 48 heavy (non-hydrogen) atoms. The number of nitrogens with one attached hydrogen (secondary N) is 3. The molecule has 1 unspecified atom stereocenters. The molecule has 0 bridgehead atoms. The van der Waals surface area contributed by atoms with Crippen molar-refractivity contribution in [1.29, 1.82) is 0 Å². The molecule has 0 aromatic heterocycles. The highest BCUT2D eigenvalue weighted by Gasteiger charge is 2.23. The highest BCUT2D eigenvalue weighted by atomic mass is 35.5. The van der Waals surface area contributed by atoms with Crippen LogP contribution in [0.5, 0.6) is 0 Å². The van der Waals surface area contributed by atoms with Crippen LogP contribution in [0.2, 0.25) is 10.0 Å². The van der Waals surface area contributed by atoms with Crippen molar-refractivity contribution in [2.45, 2.75) is 29.9 Å². The van der Waals surface area contributed by atoms with Gasteiger partial charge < -0.3 is 16.0 Å². The van der Waals surface area contributed by atoms with Gasteiger partial charge in [0, 0.05) is 31.9 Å². The molecule has 0 saturated carbocycles. The number of anilines is 2. The van der Waals surface area contributed by atoms with Gasteiger partial charge in [0.15, 0.2) is 0 Å². The van der Waals surface area contributed by atoms with Crippen molar-refractivity contribution in [1.82, 2.24) is 5.32 Å². The first-order valence-corrected chi connectivity index (χ1v) is 16.9. The van der Waals surface area contributed by atoms with Crippen LogP contribution in [-0.2, 0) is 9.59 Å². The first-order valence-electron chi connectivity index (χ1n) is 15.2. The summed E-state index contributed by atoms with van der Waals surface area (Å²) in [6, 6.07) is 38.1. The monoisotopic (exact) mass is 693 g/mol. The number of rotatable bonds is 11. The van der Waals surface area contributed by atoms with Crippen molar-refractivity contribution in [3.63, 3.8) is 0 Å². The quantitative estimate of drug-likeness (QED) is 0.0949. The van der Waals surface area contributed by atoms with Gasteiger partial charge in [-0.2, -0.15) is 0 Å². The topological polar surface area (TPSA) is 87.3 Å². The third kappa shape index (κ3) is 9.38. The van der Waals surface area contributed by atoms with Gasteiger partial charge in [0.25, 0.3) is 11.8 Å². The predicted molar refractivity (Wildman–Crippen MR) is 198 cm³/mol. The molecule has 242 valence electrons. The molecule has 0 aliphatic heterocycles. The second-order valence-corrected chi connectivity index (χ2v) is 13.2. The zero-order valence-electron chi connectivity index (χ0n) is 26.2. The number of carbonyl (C=O) groups is 3. The normalized spacial score (nSPS) is 11.9. The number of benzene rings is 5. The molecule has 1 atom stereocenters. The fourth-order valence-corrected chi connectivity index (χ4v) is 6.22. The summed E-state index contributed by atoms with van der Waals surface area (Å²) in [5.74, 6) is -0.746. The summed E-state index contributed by atoms with van der Waals surface area (Å²) in [6.07, 6.45) is 1.50. The van der Waals surface area contributed by atoms with Crippen LogP contribution in [0.1, 0.15) is 52.1 Å². The van der Waals surface area contributed by atoms with Gasteiger partial charge in [0.1, 0.15) is 10.9 Å². The molecule has 5 aromatic rings. The lowest BCUT2D eigenvalue weighted by atomic mass is 10.0. The molecule has 9 heteroatoms. The standard InChI is InChI=1S/C39H33Cl2N3O3S/c1-25(2)26-14-17-31(18-15-26)43-39(47)36(27-9-5-3-6-10-27)48-33-21-19-32(20-22-33)42-38(46)35(23-29-13-16-30(40)24-34(29)41)44-37(45)28-11-7-4-8-12-28/h3-25,36H,1-2H3,(H,42,46)(H,43,47)(H,44,45)/b35-23-. The third-order valence-corrected chi connectivity index (χ3v) is 9.17. The summed E-state index contributed by atoms with van der Waals surface area (Å²) >= 11 is 13.8. The van der Waals surface area contributed by atoms with Crippen molar-refractivity contribution < 1.29 is 14.4 Å². The summed E-state index contributed by atoms with van der Waals surface area (Å²) in [4.78, 5) is 40.9. The van der Waals surface area contributed by atoms with Crippen molar-refractivity contribution in [2.24, 2.45) is 0 Å². The molecule has 0 spiro atoms. The molecule has 0 radical (unpaired) electrons. The number of hydrogen-bond acceptors (Lipinski definition) is 4. The van der Waals surface area contributed by atoms with Gasteiger partial charge in [-0.1, -0.05) is 104 Å². The minimum absolute atomic E-state index is 0.00577. The van der Waals surface area contributed by atoms with E-state index in [1.165, 1.54) is 23.4 Å². The fraction of sp³-hybridized carbons (Fsp3) is 0.103. The molecule has 3 amide bonds. The first kappa shape index (κ1) is 34.5. The Morgan fingerprint density at radius 1 is 0.688 bits per heavy atom.